The second-order valence-electron chi connectivity index (χ2n) is 8.46. The number of rotatable bonds is 7. The molecule has 0 radical (unpaired) electrons. The minimum atomic E-state index is -3.72. The summed E-state index contributed by atoms with van der Waals surface area (Å²) in [7, 11) is -3.72. The molecule has 5 rings (SSSR count). The molecule has 34 heavy (non-hydrogen) atoms. The predicted molar refractivity (Wildman–Crippen MR) is 122 cm³/mol. The molecule has 0 saturated carbocycles. The lowest BCUT2D eigenvalue weighted by atomic mass is 10.1. The van der Waals surface area contributed by atoms with Gasteiger partial charge in [0.25, 0.3) is 0 Å². The van der Waals surface area contributed by atoms with Gasteiger partial charge in [0.2, 0.25) is 16.8 Å². The lowest BCUT2D eigenvalue weighted by molar-refractivity contribution is -0.136. The fourth-order valence-electron chi connectivity index (χ4n) is 4.56. The van der Waals surface area contributed by atoms with Crippen molar-refractivity contribution in [3.63, 3.8) is 0 Å². The third-order valence-corrected chi connectivity index (χ3v) is 8.07. The average molecular weight is 488 g/mol. The van der Waals surface area contributed by atoms with Crippen LogP contribution < -0.4 is 14.2 Å². The summed E-state index contributed by atoms with van der Waals surface area (Å²) in [6, 6.07) is 9.65. The van der Waals surface area contributed by atoms with Crippen LogP contribution in [0.5, 0.6) is 17.2 Å². The SMILES string of the molecule is CCOc1ccc(S(=O)(=O)N2C[C@@H](C)[C@@H](n3nc(CC(=O)O)c4cc5c(cc43)OCO5)C2)cc1. The van der Waals surface area contributed by atoms with E-state index in [0.29, 0.717) is 47.0 Å². The topological polar surface area (TPSA) is 120 Å². The van der Waals surface area contributed by atoms with Crippen LogP contribution in [-0.2, 0) is 21.2 Å². The molecule has 0 bridgehead atoms. The highest BCUT2D eigenvalue weighted by atomic mass is 32.2. The lowest BCUT2D eigenvalue weighted by Gasteiger charge is -2.18. The number of fused-ring (bicyclic) bond motifs is 2. The van der Waals surface area contributed by atoms with Gasteiger partial charge < -0.3 is 19.3 Å². The number of carboxylic acids is 1. The predicted octanol–water partition coefficient (Wildman–Crippen LogP) is 2.67. The molecule has 0 amide bonds. The molecule has 2 aliphatic rings. The normalized spacial score (nSPS) is 20.2. The molecule has 1 aromatic heterocycles. The summed E-state index contributed by atoms with van der Waals surface area (Å²) in [5.74, 6) is 0.659. The van der Waals surface area contributed by atoms with Gasteiger partial charge in [-0.15, -0.1) is 0 Å². The highest BCUT2D eigenvalue weighted by molar-refractivity contribution is 7.89. The highest BCUT2D eigenvalue weighted by Crippen LogP contribution is 2.40. The zero-order valence-electron chi connectivity index (χ0n) is 18.8. The highest BCUT2D eigenvalue weighted by Gasteiger charge is 2.39. The van der Waals surface area contributed by atoms with Crippen LogP contribution in [0.25, 0.3) is 10.9 Å². The number of ether oxygens (including phenoxy) is 3. The molecule has 11 heteroatoms. The summed E-state index contributed by atoms with van der Waals surface area (Å²) in [6.45, 7) is 4.96. The maximum atomic E-state index is 13.3. The number of hydrogen-bond acceptors (Lipinski definition) is 7. The molecule has 3 aromatic rings. The Kier molecular flexibility index (Phi) is 5.61. The summed E-state index contributed by atoms with van der Waals surface area (Å²) in [5, 5.41) is 14.6. The van der Waals surface area contributed by atoms with Crippen LogP contribution in [0.1, 0.15) is 25.6 Å². The summed E-state index contributed by atoms with van der Waals surface area (Å²) in [5.41, 5.74) is 1.10. The Hall–Kier alpha value is -3.31. The molecule has 3 heterocycles. The van der Waals surface area contributed by atoms with Crippen molar-refractivity contribution in [2.24, 2.45) is 5.92 Å². The number of aliphatic carboxylic acids is 1. The van der Waals surface area contributed by atoms with Crippen LogP contribution in [-0.4, -0.2) is 60.1 Å². The van der Waals surface area contributed by atoms with Crippen LogP contribution in [0, 0.1) is 5.92 Å². The number of nitrogens with zero attached hydrogens (tertiary/aromatic N) is 3. The molecule has 2 aromatic carbocycles. The molecule has 2 aliphatic heterocycles. The Labute approximate surface area is 196 Å². The van der Waals surface area contributed by atoms with Gasteiger partial charge in [-0.2, -0.15) is 9.40 Å². The summed E-state index contributed by atoms with van der Waals surface area (Å²) >= 11 is 0. The number of carbonyl (C=O) groups is 1. The smallest absolute Gasteiger partial charge is 0.309 e. The molecule has 1 fully saturated rings. The van der Waals surface area contributed by atoms with Gasteiger partial charge in [0.15, 0.2) is 11.5 Å². The van der Waals surface area contributed by atoms with Crippen molar-refractivity contribution in [1.29, 1.82) is 0 Å². The Bertz CT molecular complexity index is 1350. The molecular formula is C23H25N3O7S. The fourth-order valence-corrected chi connectivity index (χ4v) is 6.12. The van der Waals surface area contributed by atoms with Crippen molar-refractivity contribution in [2.45, 2.75) is 31.2 Å². The van der Waals surface area contributed by atoms with Gasteiger partial charge in [-0.05, 0) is 43.2 Å². The number of aromatic nitrogens is 2. The van der Waals surface area contributed by atoms with E-state index in [-0.39, 0.29) is 36.6 Å². The summed E-state index contributed by atoms with van der Waals surface area (Å²) < 4.78 is 46.2. The molecule has 1 saturated heterocycles. The number of hydrogen-bond donors (Lipinski definition) is 1. The van der Waals surface area contributed by atoms with E-state index in [4.69, 9.17) is 14.2 Å². The Balaban J connectivity index is 1.49. The molecule has 0 unspecified atom stereocenters. The van der Waals surface area contributed by atoms with Gasteiger partial charge in [0, 0.05) is 24.5 Å². The van der Waals surface area contributed by atoms with E-state index in [9.17, 15) is 18.3 Å². The third kappa shape index (κ3) is 3.84. The van der Waals surface area contributed by atoms with Crippen molar-refractivity contribution in [2.75, 3.05) is 26.5 Å². The van der Waals surface area contributed by atoms with Crippen molar-refractivity contribution in [3.05, 3.63) is 42.1 Å². The number of carboxylic acid groups (broad SMARTS) is 1. The summed E-state index contributed by atoms with van der Waals surface area (Å²) in [4.78, 5) is 11.6. The number of benzene rings is 2. The standard InChI is InChI=1S/C23H25N3O7S/c1-3-31-15-4-6-16(7-5-15)34(29,30)25-11-14(2)20(12-25)26-19-10-22-21(32-13-33-22)8-17(19)18(24-26)9-23(27)28/h4-8,10,14,20H,3,9,11-13H2,1-2H3,(H,27,28)/t14-,20+/m1/s1. The molecule has 10 nitrogen and oxygen atoms in total. The molecule has 0 aliphatic carbocycles. The Morgan fingerprint density at radius 2 is 1.88 bits per heavy atom. The van der Waals surface area contributed by atoms with Crippen LogP contribution in [0.4, 0.5) is 0 Å². The lowest BCUT2D eigenvalue weighted by Crippen LogP contribution is -2.29. The quantitative estimate of drug-likeness (QED) is 0.540. The van der Waals surface area contributed by atoms with Gasteiger partial charge in [-0.3, -0.25) is 9.48 Å². The van der Waals surface area contributed by atoms with Crippen molar-refractivity contribution in [1.82, 2.24) is 14.1 Å². The molecule has 0 spiro atoms. The van der Waals surface area contributed by atoms with Gasteiger partial charge in [0.05, 0.1) is 35.2 Å². The van der Waals surface area contributed by atoms with Crippen LogP contribution in [0.3, 0.4) is 0 Å². The monoisotopic (exact) mass is 487 g/mol. The zero-order chi connectivity index (χ0) is 24.0. The third-order valence-electron chi connectivity index (χ3n) is 6.22. The summed E-state index contributed by atoms with van der Waals surface area (Å²) in [6.07, 6.45) is -0.252. The van der Waals surface area contributed by atoms with Crippen LogP contribution >= 0.6 is 0 Å². The van der Waals surface area contributed by atoms with Crippen LogP contribution in [0.15, 0.2) is 41.3 Å². The minimum Gasteiger partial charge on any atom is -0.494 e. The second kappa shape index (κ2) is 8.48. The maximum absolute atomic E-state index is 13.3. The van der Waals surface area contributed by atoms with Crippen molar-refractivity contribution < 1.29 is 32.5 Å². The van der Waals surface area contributed by atoms with Gasteiger partial charge >= 0.3 is 5.97 Å². The van der Waals surface area contributed by atoms with Crippen molar-refractivity contribution >= 4 is 26.9 Å². The van der Waals surface area contributed by atoms with Crippen molar-refractivity contribution in [3.8, 4) is 17.2 Å². The second-order valence-corrected chi connectivity index (χ2v) is 10.4. The molecule has 180 valence electrons. The van der Waals surface area contributed by atoms with Gasteiger partial charge in [-0.25, -0.2) is 8.42 Å². The van der Waals surface area contributed by atoms with E-state index >= 15 is 0 Å². The maximum Gasteiger partial charge on any atom is 0.309 e. The van der Waals surface area contributed by atoms with E-state index in [1.807, 2.05) is 13.8 Å². The van der Waals surface area contributed by atoms with Gasteiger partial charge in [-0.1, -0.05) is 6.92 Å². The van der Waals surface area contributed by atoms with E-state index in [1.54, 1.807) is 41.1 Å². The first kappa shape index (κ1) is 22.5. The van der Waals surface area contributed by atoms with E-state index in [0.717, 1.165) is 0 Å². The first-order valence-electron chi connectivity index (χ1n) is 11.0. The zero-order valence-corrected chi connectivity index (χ0v) is 19.6. The van der Waals surface area contributed by atoms with Crippen LogP contribution in [0.2, 0.25) is 0 Å². The molecule has 1 N–H and O–H groups in total. The Morgan fingerprint density at radius 3 is 2.56 bits per heavy atom. The van der Waals surface area contributed by atoms with Gasteiger partial charge in [0.1, 0.15) is 5.75 Å². The van der Waals surface area contributed by atoms with E-state index in [2.05, 4.69) is 5.10 Å². The molecular weight excluding hydrogens is 462 g/mol. The van der Waals surface area contributed by atoms with E-state index < -0.39 is 16.0 Å². The van der Waals surface area contributed by atoms with E-state index in [1.165, 1.54) is 4.31 Å². The molecule has 2 atom stereocenters. The number of sulfonamides is 1. The first-order chi connectivity index (χ1) is 16.3. The fraction of sp³-hybridized carbons (Fsp3) is 0.391. The average Bonchev–Trinajstić information content (AvgIpc) is 3.50. The largest absolute Gasteiger partial charge is 0.494 e. The Morgan fingerprint density at radius 1 is 1.18 bits per heavy atom. The minimum absolute atomic E-state index is 0.0522. The first-order valence-corrected chi connectivity index (χ1v) is 12.5.